The lowest BCUT2D eigenvalue weighted by atomic mass is 10.1. The van der Waals surface area contributed by atoms with E-state index in [1.165, 1.54) is 12.8 Å². The second-order valence-corrected chi connectivity index (χ2v) is 5.82. The molecule has 2 rings (SSSR count). The van der Waals surface area contributed by atoms with Gasteiger partial charge in [-0.25, -0.2) is 0 Å². The van der Waals surface area contributed by atoms with Gasteiger partial charge >= 0.3 is 0 Å². The van der Waals surface area contributed by atoms with Crippen LogP contribution in [0.15, 0.2) is 4.52 Å². The van der Waals surface area contributed by atoms with Crippen LogP contribution in [0.1, 0.15) is 58.2 Å². The third kappa shape index (κ3) is 3.30. The lowest BCUT2D eigenvalue weighted by Gasteiger charge is -2.25. The van der Waals surface area contributed by atoms with Gasteiger partial charge in [0.25, 0.3) is 0 Å². The molecule has 1 atom stereocenters. The highest BCUT2D eigenvalue weighted by molar-refractivity contribution is 5.03. The summed E-state index contributed by atoms with van der Waals surface area (Å²) in [5.41, 5.74) is 0.124. The molecule has 4 heteroatoms. The summed E-state index contributed by atoms with van der Waals surface area (Å²) in [5, 5.41) is 7.51. The SMILES string of the molecule is C[C@@H](Cc1nc(C2CC2)no1)NC(C)(C)C. The van der Waals surface area contributed by atoms with Crippen LogP contribution in [0.25, 0.3) is 0 Å². The van der Waals surface area contributed by atoms with Crippen LogP contribution < -0.4 is 5.32 Å². The van der Waals surface area contributed by atoms with Gasteiger partial charge in [0.15, 0.2) is 5.82 Å². The molecule has 16 heavy (non-hydrogen) atoms. The zero-order valence-electron chi connectivity index (χ0n) is 10.6. The molecular formula is C12H21N3O. The normalized spacial score (nSPS) is 18.8. The molecule has 0 spiro atoms. The van der Waals surface area contributed by atoms with E-state index in [0.29, 0.717) is 12.0 Å². The first-order chi connectivity index (χ1) is 7.44. The zero-order valence-corrected chi connectivity index (χ0v) is 10.6. The van der Waals surface area contributed by atoms with E-state index in [1.54, 1.807) is 0 Å². The molecule has 1 saturated carbocycles. The predicted molar refractivity (Wildman–Crippen MR) is 62.3 cm³/mol. The molecule has 90 valence electrons. The minimum absolute atomic E-state index is 0.124. The quantitative estimate of drug-likeness (QED) is 0.850. The molecule has 0 unspecified atom stereocenters. The van der Waals surface area contributed by atoms with Crippen LogP contribution in [0.3, 0.4) is 0 Å². The van der Waals surface area contributed by atoms with E-state index in [1.807, 2.05) is 0 Å². The lowest BCUT2D eigenvalue weighted by Crippen LogP contribution is -2.43. The molecule has 0 saturated heterocycles. The highest BCUT2D eigenvalue weighted by Crippen LogP contribution is 2.38. The van der Waals surface area contributed by atoms with Gasteiger partial charge in [-0.1, -0.05) is 5.16 Å². The Balaban J connectivity index is 1.87. The fraction of sp³-hybridized carbons (Fsp3) is 0.833. The van der Waals surface area contributed by atoms with Gasteiger partial charge in [0.1, 0.15) is 0 Å². The third-order valence-corrected chi connectivity index (χ3v) is 2.59. The highest BCUT2D eigenvalue weighted by atomic mass is 16.5. The summed E-state index contributed by atoms with van der Waals surface area (Å²) in [6, 6.07) is 0.354. The Morgan fingerprint density at radius 2 is 2.12 bits per heavy atom. The van der Waals surface area contributed by atoms with Gasteiger partial charge in [0.2, 0.25) is 5.89 Å². The molecule has 1 heterocycles. The maximum Gasteiger partial charge on any atom is 0.228 e. The van der Waals surface area contributed by atoms with Crippen LogP contribution >= 0.6 is 0 Å². The van der Waals surface area contributed by atoms with Gasteiger partial charge in [-0.15, -0.1) is 0 Å². The van der Waals surface area contributed by atoms with Gasteiger partial charge in [-0.3, -0.25) is 0 Å². The van der Waals surface area contributed by atoms with E-state index in [0.717, 1.165) is 18.1 Å². The van der Waals surface area contributed by atoms with Gasteiger partial charge in [0, 0.05) is 23.9 Å². The van der Waals surface area contributed by atoms with E-state index >= 15 is 0 Å². The largest absolute Gasteiger partial charge is 0.339 e. The Morgan fingerprint density at radius 1 is 1.44 bits per heavy atom. The number of nitrogens with one attached hydrogen (secondary N) is 1. The summed E-state index contributed by atoms with van der Waals surface area (Å²) >= 11 is 0. The molecule has 4 nitrogen and oxygen atoms in total. The first kappa shape index (κ1) is 11.6. The summed E-state index contributed by atoms with van der Waals surface area (Å²) in [5.74, 6) is 2.23. The number of rotatable bonds is 4. The molecule has 0 aliphatic heterocycles. The lowest BCUT2D eigenvalue weighted by molar-refractivity contribution is 0.326. The Bertz CT molecular complexity index is 349. The smallest absolute Gasteiger partial charge is 0.228 e. The second kappa shape index (κ2) is 4.17. The molecule has 0 aromatic carbocycles. The van der Waals surface area contributed by atoms with E-state index in [9.17, 15) is 0 Å². The van der Waals surface area contributed by atoms with Crippen molar-refractivity contribution in [3.8, 4) is 0 Å². The molecule has 1 aliphatic carbocycles. The van der Waals surface area contributed by atoms with Crippen LogP contribution in [0.4, 0.5) is 0 Å². The molecule has 1 aromatic rings. The first-order valence-corrected chi connectivity index (χ1v) is 6.04. The Hall–Kier alpha value is -0.900. The molecule has 0 radical (unpaired) electrons. The highest BCUT2D eigenvalue weighted by Gasteiger charge is 2.29. The fourth-order valence-electron chi connectivity index (χ4n) is 1.91. The molecule has 1 aromatic heterocycles. The van der Waals surface area contributed by atoms with Crippen molar-refractivity contribution in [2.75, 3.05) is 0 Å². The minimum atomic E-state index is 0.124. The van der Waals surface area contributed by atoms with Crippen molar-refractivity contribution < 1.29 is 4.52 Å². The Kier molecular flexibility index (Phi) is 3.02. The van der Waals surface area contributed by atoms with Gasteiger partial charge < -0.3 is 9.84 Å². The fourth-order valence-corrected chi connectivity index (χ4v) is 1.91. The van der Waals surface area contributed by atoms with Crippen LogP contribution in [-0.4, -0.2) is 21.7 Å². The van der Waals surface area contributed by atoms with E-state index in [4.69, 9.17) is 4.52 Å². The van der Waals surface area contributed by atoms with Crippen molar-refractivity contribution in [3.63, 3.8) is 0 Å². The predicted octanol–water partition coefficient (Wildman–Crippen LogP) is 2.27. The molecule has 0 bridgehead atoms. The van der Waals surface area contributed by atoms with Gasteiger partial charge in [0.05, 0.1) is 0 Å². The molecule has 0 amide bonds. The van der Waals surface area contributed by atoms with Gasteiger partial charge in [-0.2, -0.15) is 4.98 Å². The number of hydrogen-bond acceptors (Lipinski definition) is 4. The average Bonchev–Trinajstić information content (AvgIpc) is 2.85. The maximum atomic E-state index is 5.25. The molecule has 1 N–H and O–H groups in total. The van der Waals surface area contributed by atoms with Crippen LogP contribution in [-0.2, 0) is 6.42 Å². The first-order valence-electron chi connectivity index (χ1n) is 6.04. The minimum Gasteiger partial charge on any atom is -0.339 e. The van der Waals surface area contributed by atoms with Crippen molar-refractivity contribution in [1.82, 2.24) is 15.5 Å². The molecule has 1 aliphatic rings. The van der Waals surface area contributed by atoms with E-state index < -0.39 is 0 Å². The topological polar surface area (TPSA) is 51.0 Å². The second-order valence-electron chi connectivity index (χ2n) is 5.82. The maximum absolute atomic E-state index is 5.25. The van der Waals surface area contributed by atoms with Crippen molar-refractivity contribution in [2.45, 2.75) is 64.5 Å². The van der Waals surface area contributed by atoms with Crippen molar-refractivity contribution in [3.05, 3.63) is 11.7 Å². The summed E-state index contributed by atoms with van der Waals surface area (Å²) < 4.78 is 5.25. The Morgan fingerprint density at radius 3 is 2.69 bits per heavy atom. The summed E-state index contributed by atoms with van der Waals surface area (Å²) in [7, 11) is 0. The van der Waals surface area contributed by atoms with Gasteiger partial charge in [-0.05, 0) is 40.5 Å². The number of nitrogens with zero attached hydrogens (tertiary/aromatic N) is 2. The Labute approximate surface area is 96.8 Å². The standard InChI is InChI=1S/C12H21N3O/c1-8(14-12(2,3)4)7-10-13-11(15-16-10)9-5-6-9/h8-9,14H,5-7H2,1-4H3/t8-/m0/s1. The monoisotopic (exact) mass is 223 g/mol. The van der Waals surface area contributed by atoms with Crippen LogP contribution in [0, 0.1) is 0 Å². The van der Waals surface area contributed by atoms with Crippen molar-refractivity contribution in [1.29, 1.82) is 0 Å². The molecule has 1 fully saturated rings. The summed E-state index contributed by atoms with van der Waals surface area (Å²) in [6.07, 6.45) is 3.24. The summed E-state index contributed by atoms with van der Waals surface area (Å²) in [6.45, 7) is 8.62. The van der Waals surface area contributed by atoms with Crippen molar-refractivity contribution >= 4 is 0 Å². The third-order valence-electron chi connectivity index (χ3n) is 2.59. The summed E-state index contributed by atoms with van der Waals surface area (Å²) in [4.78, 5) is 4.42. The van der Waals surface area contributed by atoms with Crippen LogP contribution in [0.5, 0.6) is 0 Å². The van der Waals surface area contributed by atoms with Crippen molar-refractivity contribution in [2.24, 2.45) is 0 Å². The number of hydrogen-bond donors (Lipinski definition) is 1. The van der Waals surface area contributed by atoms with E-state index in [2.05, 4.69) is 43.2 Å². The van der Waals surface area contributed by atoms with E-state index in [-0.39, 0.29) is 5.54 Å². The van der Waals surface area contributed by atoms with Crippen LogP contribution in [0.2, 0.25) is 0 Å². The molecular weight excluding hydrogens is 202 g/mol. The number of aromatic nitrogens is 2. The zero-order chi connectivity index (χ0) is 11.8. The average molecular weight is 223 g/mol.